The van der Waals surface area contributed by atoms with Gasteiger partial charge in [0.25, 0.3) is 0 Å². The van der Waals surface area contributed by atoms with Crippen molar-refractivity contribution in [1.29, 1.82) is 0 Å². The number of nitrogens with zero attached hydrogens (tertiary/aromatic N) is 3. The van der Waals surface area contributed by atoms with Gasteiger partial charge in [-0.05, 0) is 42.0 Å². The number of hydrogen-bond donors (Lipinski definition) is 1. The molecular formula is C19H20F6N4O2S. The van der Waals surface area contributed by atoms with Gasteiger partial charge in [0.05, 0.1) is 24.1 Å². The van der Waals surface area contributed by atoms with E-state index in [1.54, 1.807) is 4.90 Å². The lowest BCUT2D eigenvalue weighted by atomic mass is 9.96. The van der Waals surface area contributed by atoms with Crippen molar-refractivity contribution in [2.24, 2.45) is 5.41 Å². The fourth-order valence-corrected chi connectivity index (χ4v) is 5.03. The van der Waals surface area contributed by atoms with Crippen LogP contribution in [0.4, 0.5) is 32.0 Å². The van der Waals surface area contributed by atoms with Crippen molar-refractivity contribution in [2.75, 3.05) is 11.4 Å². The van der Waals surface area contributed by atoms with E-state index in [1.165, 1.54) is 18.6 Å². The Labute approximate surface area is 180 Å². The van der Waals surface area contributed by atoms with Crippen LogP contribution in [0, 0.1) is 5.41 Å². The number of aromatic nitrogens is 2. The summed E-state index contributed by atoms with van der Waals surface area (Å²) < 4.78 is 105. The number of aromatic amines is 1. The smallest absolute Gasteiger partial charge is 0.361 e. The third-order valence-corrected chi connectivity index (χ3v) is 7.73. The molecule has 6 nitrogen and oxygen atoms in total. The lowest BCUT2D eigenvalue weighted by molar-refractivity contribution is -0.137. The average Bonchev–Trinajstić information content (AvgIpc) is 3.25. The molecule has 1 aromatic heterocycles. The summed E-state index contributed by atoms with van der Waals surface area (Å²) in [6.45, 7) is 0.652. The van der Waals surface area contributed by atoms with E-state index in [0.717, 1.165) is 12.1 Å². The van der Waals surface area contributed by atoms with Gasteiger partial charge >= 0.3 is 21.7 Å². The second-order valence-corrected chi connectivity index (χ2v) is 10.4. The van der Waals surface area contributed by atoms with Crippen LogP contribution >= 0.6 is 0 Å². The molecule has 176 valence electrons. The van der Waals surface area contributed by atoms with E-state index < -0.39 is 51.8 Å². The molecule has 2 aromatic rings. The normalized spacial score (nSPS) is 21.8. The average molecular weight is 482 g/mol. The number of rotatable bonds is 4. The van der Waals surface area contributed by atoms with Crippen LogP contribution in [0.25, 0.3) is 0 Å². The highest BCUT2D eigenvalue weighted by Gasteiger charge is 2.55. The number of halogens is 6. The number of anilines is 1. The third-order valence-electron chi connectivity index (χ3n) is 6.19. The molecule has 0 amide bonds. The van der Waals surface area contributed by atoms with Gasteiger partial charge in [-0.15, -0.1) is 0 Å². The van der Waals surface area contributed by atoms with E-state index in [4.69, 9.17) is 0 Å². The highest BCUT2D eigenvalue weighted by Crippen LogP contribution is 2.53. The van der Waals surface area contributed by atoms with Crippen molar-refractivity contribution in [3.05, 3.63) is 47.5 Å². The predicted molar refractivity (Wildman–Crippen MR) is 103 cm³/mol. The number of alkyl halides is 6. The predicted octanol–water partition coefficient (Wildman–Crippen LogP) is 4.27. The fourth-order valence-electron chi connectivity index (χ4n) is 4.09. The Hall–Kier alpha value is -2.28. The van der Waals surface area contributed by atoms with Crippen LogP contribution in [0.5, 0.6) is 0 Å². The first-order valence-electron chi connectivity index (χ1n) is 9.73. The maximum absolute atomic E-state index is 13.4. The molecule has 4 rings (SSSR count). The van der Waals surface area contributed by atoms with Crippen LogP contribution in [-0.4, -0.2) is 40.8 Å². The van der Waals surface area contributed by atoms with Gasteiger partial charge < -0.3 is 9.88 Å². The molecule has 2 aliphatic rings. The minimum Gasteiger partial charge on any atom is -0.361 e. The van der Waals surface area contributed by atoms with E-state index >= 15 is 0 Å². The van der Waals surface area contributed by atoms with Crippen molar-refractivity contribution in [3.63, 3.8) is 0 Å². The second kappa shape index (κ2) is 7.37. The van der Waals surface area contributed by atoms with Crippen molar-refractivity contribution >= 4 is 15.7 Å². The van der Waals surface area contributed by atoms with Gasteiger partial charge in [-0.2, -0.15) is 30.6 Å². The summed E-state index contributed by atoms with van der Waals surface area (Å²) in [6.07, 6.45) is -0.495. The zero-order chi connectivity index (χ0) is 23.5. The number of sulfonamides is 1. The number of imidazole rings is 1. The van der Waals surface area contributed by atoms with E-state index in [9.17, 15) is 34.8 Å². The van der Waals surface area contributed by atoms with Crippen molar-refractivity contribution in [2.45, 2.75) is 50.6 Å². The topological polar surface area (TPSA) is 69.3 Å². The number of fused-ring (bicyclic) bond motifs is 1. The zero-order valence-corrected chi connectivity index (χ0v) is 17.7. The monoisotopic (exact) mass is 482 g/mol. The molecule has 32 heavy (non-hydrogen) atoms. The maximum Gasteiger partial charge on any atom is 0.511 e. The largest absolute Gasteiger partial charge is 0.511 e. The molecule has 0 radical (unpaired) electrons. The van der Waals surface area contributed by atoms with Crippen LogP contribution in [0.1, 0.15) is 36.6 Å². The Balaban J connectivity index is 1.88. The molecule has 13 heteroatoms. The molecule has 1 aromatic carbocycles. The summed E-state index contributed by atoms with van der Waals surface area (Å²) in [6, 6.07) is 2.11. The highest BCUT2D eigenvalue weighted by molar-refractivity contribution is 7.89. The quantitative estimate of drug-likeness (QED) is 0.661. The summed E-state index contributed by atoms with van der Waals surface area (Å²) in [7, 11) is -5.76. The van der Waals surface area contributed by atoms with Gasteiger partial charge in [0.1, 0.15) is 0 Å². The molecule has 0 saturated heterocycles. The lowest BCUT2D eigenvalue weighted by Crippen LogP contribution is -2.50. The first-order valence-corrected chi connectivity index (χ1v) is 11.2. The van der Waals surface area contributed by atoms with E-state index in [1.807, 2.05) is 6.92 Å². The van der Waals surface area contributed by atoms with Gasteiger partial charge in [-0.3, -0.25) is 0 Å². The van der Waals surface area contributed by atoms with E-state index in [0.29, 0.717) is 18.5 Å². The van der Waals surface area contributed by atoms with Crippen LogP contribution in [0.15, 0.2) is 30.7 Å². The SMILES string of the molecule is CC1(C2CN(S(=O)(=O)C(F)(F)F)Cc3cc(C(F)(F)F)ccc3N2Cc2cnc[nH]2)CC1. The molecule has 1 atom stereocenters. The second-order valence-electron chi connectivity index (χ2n) is 8.46. The number of benzene rings is 1. The first-order chi connectivity index (χ1) is 14.7. The minimum absolute atomic E-state index is 0.124. The summed E-state index contributed by atoms with van der Waals surface area (Å²) in [4.78, 5) is 8.50. The number of H-pyrrole nitrogens is 1. The summed E-state index contributed by atoms with van der Waals surface area (Å²) in [5.41, 5.74) is -6.38. The molecule has 1 fully saturated rings. The Morgan fingerprint density at radius 2 is 1.88 bits per heavy atom. The Kier molecular flexibility index (Phi) is 5.27. The third kappa shape index (κ3) is 4.07. The molecule has 1 saturated carbocycles. The molecule has 1 unspecified atom stereocenters. The minimum atomic E-state index is -5.76. The first kappa shape index (κ1) is 22.9. The molecular weight excluding hydrogens is 462 g/mol. The highest BCUT2D eigenvalue weighted by atomic mass is 32.2. The van der Waals surface area contributed by atoms with Crippen LogP contribution in [0.2, 0.25) is 0 Å². The molecule has 0 bridgehead atoms. The lowest BCUT2D eigenvalue weighted by Gasteiger charge is -2.38. The molecule has 1 aliphatic heterocycles. The van der Waals surface area contributed by atoms with Gasteiger partial charge in [0.15, 0.2) is 0 Å². The Morgan fingerprint density at radius 3 is 2.41 bits per heavy atom. The molecule has 1 N–H and O–H groups in total. The Bertz CT molecular complexity index is 1090. The summed E-state index contributed by atoms with van der Waals surface area (Å²) in [5, 5.41) is 0. The number of hydrogen-bond acceptors (Lipinski definition) is 4. The Morgan fingerprint density at radius 1 is 1.19 bits per heavy atom. The van der Waals surface area contributed by atoms with Gasteiger partial charge in [0, 0.05) is 31.0 Å². The molecule has 1 aliphatic carbocycles. The van der Waals surface area contributed by atoms with Gasteiger partial charge in [-0.1, -0.05) is 6.92 Å². The van der Waals surface area contributed by atoms with Crippen LogP contribution in [-0.2, 0) is 29.3 Å². The summed E-state index contributed by atoms with van der Waals surface area (Å²) >= 11 is 0. The van der Waals surface area contributed by atoms with E-state index in [2.05, 4.69) is 9.97 Å². The van der Waals surface area contributed by atoms with Crippen LogP contribution < -0.4 is 4.90 Å². The van der Waals surface area contributed by atoms with Crippen molar-refractivity contribution in [3.8, 4) is 0 Å². The number of nitrogens with one attached hydrogen (secondary N) is 1. The van der Waals surface area contributed by atoms with Gasteiger partial charge in [0.2, 0.25) is 0 Å². The standard InChI is InChI=1S/C19H20F6N4O2S/c1-17(4-5-17)16-10-28(32(30,31)19(23,24)25)8-12-6-13(18(20,21)22)2-3-15(12)29(16)9-14-7-26-11-27-14/h2-3,6-7,11,16H,4-5,8-10H2,1H3,(H,26,27). The molecule has 0 spiro atoms. The van der Waals surface area contributed by atoms with Gasteiger partial charge in [-0.25, -0.2) is 13.4 Å². The summed E-state index contributed by atoms with van der Waals surface area (Å²) in [5.74, 6) is 0. The van der Waals surface area contributed by atoms with Crippen molar-refractivity contribution < 1.29 is 34.8 Å². The fraction of sp³-hybridized carbons (Fsp3) is 0.526. The molecule has 2 heterocycles. The zero-order valence-electron chi connectivity index (χ0n) is 16.8. The maximum atomic E-state index is 13.4. The van der Waals surface area contributed by atoms with Crippen molar-refractivity contribution in [1.82, 2.24) is 14.3 Å². The van der Waals surface area contributed by atoms with E-state index in [-0.39, 0.29) is 22.1 Å². The van der Waals surface area contributed by atoms with Crippen LogP contribution in [0.3, 0.4) is 0 Å².